The zero-order valence-electron chi connectivity index (χ0n) is 9.77. The molecule has 0 spiro atoms. The van der Waals surface area contributed by atoms with E-state index in [0.717, 1.165) is 6.26 Å². The third-order valence-electron chi connectivity index (χ3n) is 1.92. The van der Waals surface area contributed by atoms with Gasteiger partial charge in [0.05, 0.1) is 28.4 Å². The Morgan fingerprint density at radius 3 is 2.22 bits per heavy atom. The summed E-state index contributed by atoms with van der Waals surface area (Å²) in [7, 11) is -6.81. The molecule has 0 amide bonds. The number of rotatable bonds is 5. The van der Waals surface area contributed by atoms with E-state index < -0.39 is 20.0 Å². The molecule has 0 aliphatic carbocycles. The molecule has 0 radical (unpaired) electrons. The molecule has 0 bridgehead atoms. The zero-order valence-corrected chi connectivity index (χ0v) is 12.2. The van der Waals surface area contributed by atoms with E-state index >= 15 is 0 Å². The van der Waals surface area contributed by atoms with Crippen LogP contribution >= 0.6 is 11.6 Å². The zero-order chi connectivity index (χ0) is 14.0. The molecule has 0 aliphatic rings. The number of hydrogen-bond acceptors (Lipinski definition) is 4. The Labute approximate surface area is 111 Å². The van der Waals surface area contributed by atoms with E-state index in [1.165, 1.54) is 25.1 Å². The Hall–Kier alpha value is -0.990. The van der Waals surface area contributed by atoms with Gasteiger partial charge in [0.25, 0.3) is 0 Å². The van der Waals surface area contributed by atoms with Gasteiger partial charge >= 0.3 is 0 Å². The van der Waals surface area contributed by atoms with E-state index in [2.05, 4.69) is 9.44 Å². The van der Waals surface area contributed by atoms with Crippen molar-refractivity contribution in [2.24, 2.45) is 0 Å². The second-order valence-electron chi connectivity index (χ2n) is 3.57. The first-order chi connectivity index (χ1) is 8.13. The summed E-state index contributed by atoms with van der Waals surface area (Å²) in [6.07, 6.45) is 0.997. The van der Waals surface area contributed by atoms with Crippen molar-refractivity contribution >= 4 is 43.0 Å². The SMILES string of the molecule is CCS(=O)(=O)Nc1ccc(NS(C)(=O)=O)c(Cl)c1. The molecule has 18 heavy (non-hydrogen) atoms. The standard InChI is InChI=1S/C9H13ClN2O4S2/c1-3-18(15,16)11-7-4-5-9(8(10)6-7)12-17(2,13)14/h4-6,11-12H,3H2,1-2H3. The van der Waals surface area contributed by atoms with Crippen LogP contribution in [-0.2, 0) is 20.0 Å². The number of hydrogen-bond donors (Lipinski definition) is 2. The summed E-state index contributed by atoms with van der Waals surface area (Å²) < 4.78 is 49.2. The van der Waals surface area contributed by atoms with Crippen LogP contribution < -0.4 is 9.44 Å². The van der Waals surface area contributed by atoms with Gasteiger partial charge < -0.3 is 0 Å². The summed E-state index contributed by atoms with van der Waals surface area (Å²) >= 11 is 5.85. The van der Waals surface area contributed by atoms with E-state index in [0.29, 0.717) is 0 Å². The van der Waals surface area contributed by atoms with Crippen LogP contribution in [0.3, 0.4) is 0 Å². The van der Waals surface area contributed by atoms with E-state index in [4.69, 9.17) is 11.6 Å². The van der Waals surface area contributed by atoms with Gasteiger partial charge in [-0.05, 0) is 25.1 Å². The maximum absolute atomic E-state index is 11.3. The largest absolute Gasteiger partial charge is 0.284 e. The van der Waals surface area contributed by atoms with Crippen LogP contribution in [0.25, 0.3) is 0 Å². The molecule has 0 aliphatic heterocycles. The summed E-state index contributed by atoms with van der Waals surface area (Å²) in [6.45, 7) is 1.50. The van der Waals surface area contributed by atoms with Crippen molar-refractivity contribution in [2.45, 2.75) is 6.92 Å². The van der Waals surface area contributed by atoms with Gasteiger partial charge in [-0.3, -0.25) is 9.44 Å². The molecule has 0 aromatic heterocycles. The van der Waals surface area contributed by atoms with Crippen molar-refractivity contribution in [1.29, 1.82) is 0 Å². The molecular weight excluding hydrogens is 300 g/mol. The molecular formula is C9H13ClN2O4S2. The molecule has 0 heterocycles. The fourth-order valence-electron chi connectivity index (χ4n) is 1.11. The Bertz CT molecular complexity index is 641. The lowest BCUT2D eigenvalue weighted by Crippen LogP contribution is -2.15. The van der Waals surface area contributed by atoms with Gasteiger partial charge in [0.2, 0.25) is 20.0 Å². The Kier molecular flexibility index (Phi) is 4.46. The van der Waals surface area contributed by atoms with Crippen LogP contribution in [0.4, 0.5) is 11.4 Å². The van der Waals surface area contributed by atoms with Crippen LogP contribution in [-0.4, -0.2) is 28.8 Å². The van der Waals surface area contributed by atoms with Crippen molar-refractivity contribution in [3.05, 3.63) is 23.2 Å². The van der Waals surface area contributed by atoms with Crippen LogP contribution in [0.5, 0.6) is 0 Å². The molecule has 2 N–H and O–H groups in total. The molecule has 0 unspecified atom stereocenters. The predicted molar refractivity (Wildman–Crippen MR) is 73.0 cm³/mol. The minimum absolute atomic E-state index is 0.0615. The highest BCUT2D eigenvalue weighted by Crippen LogP contribution is 2.26. The second kappa shape index (κ2) is 5.33. The lowest BCUT2D eigenvalue weighted by atomic mass is 10.3. The maximum atomic E-state index is 11.3. The number of benzene rings is 1. The number of halogens is 1. The molecule has 9 heteroatoms. The Balaban J connectivity index is 3.00. The minimum Gasteiger partial charge on any atom is -0.284 e. The smallest absolute Gasteiger partial charge is 0.232 e. The molecule has 6 nitrogen and oxygen atoms in total. The molecule has 0 fully saturated rings. The third kappa shape index (κ3) is 4.71. The quantitative estimate of drug-likeness (QED) is 0.861. The maximum Gasteiger partial charge on any atom is 0.232 e. The highest BCUT2D eigenvalue weighted by atomic mass is 35.5. The molecule has 102 valence electrons. The van der Waals surface area contributed by atoms with Gasteiger partial charge in [0, 0.05) is 0 Å². The Morgan fingerprint density at radius 1 is 1.17 bits per heavy atom. The Morgan fingerprint density at radius 2 is 1.78 bits per heavy atom. The summed E-state index contributed by atoms with van der Waals surface area (Å²) in [4.78, 5) is 0. The lowest BCUT2D eigenvalue weighted by Gasteiger charge is -2.10. The summed E-state index contributed by atoms with van der Waals surface area (Å²) in [5.41, 5.74) is 0.472. The fraction of sp³-hybridized carbons (Fsp3) is 0.333. The third-order valence-corrected chi connectivity index (χ3v) is 4.13. The van der Waals surface area contributed by atoms with Crippen LogP contribution in [0.15, 0.2) is 18.2 Å². The first kappa shape index (κ1) is 15.1. The van der Waals surface area contributed by atoms with Crippen molar-refractivity contribution in [3.8, 4) is 0 Å². The first-order valence-corrected chi connectivity index (χ1v) is 8.83. The van der Waals surface area contributed by atoms with Gasteiger partial charge in [-0.25, -0.2) is 16.8 Å². The first-order valence-electron chi connectivity index (χ1n) is 4.91. The van der Waals surface area contributed by atoms with Gasteiger partial charge in [-0.1, -0.05) is 11.6 Å². The molecule has 1 rings (SSSR count). The van der Waals surface area contributed by atoms with Crippen LogP contribution in [0, 0.1) is 0 Å². The van der Waals surface area contributed by atoms with Crippen molar-refractivity contribution in [1.82, 2.24) is 0 Å². The van der Waals surface area contributed by atoms with E-state index in [-0.39, 0.29) is 22.2 Å². The highest BCUT2D eigenvalue weighted by Gasteiger charge is 2.10. The summed E-state index contributed by atoms with van der Waals surface area (Å²) in [6, 6.07) is 4.14. The van der Waals surface area contributed by atoms with Gasteiger partial charge in [-0.2, -0.15) is 0 Å². The molecule has 1 aromatic carbocycles. The summed E-state index contributed by atoms with van der Waals surface area (Å²) in [5, 5.41) is 0.108. The normalized spacial score (nSPS) is 12.2. The molecule has 0 saturated heterocycles. The lowest BCUT2D eigenvalue weighted by molar-refractivity contribution is 0.601. The number of nitrogens with one attached hydrogen (secondary N) is 2. The monoisotopic (exact) mass is 312 g/mol. The summed E-state index contributed by atoms with van der Waals surface area (Å²) in [5.74, 6) is -0.0615. The van der Waals surface area contributed by atoms with Gasteiger partial charge in [-0.15, -0.1) is 0 Å². The van der Waals surface area contributed by atoms with Gasteiger partial charge in [0.15, 0.2) is 0 Å². The van der Waals surface area contributed by atoms with Crippen molar-refractivity contribution in [3.63, 3.8) is 0 Å². The fourth-order valence-corrected chi connectivity index (χ4v) is 2.60. The molecule has 0 saturated carbocycles. The topological polar surface area (TPSA) is 92.3 Å². The van der Waals surface area contributed by atoms with E-state index in [1.54, 1.807) is 0 Å². The van der Waals surface area contributed by atoms with Crippen molar-refractivity contribution < 1.29 is 16.8 Å². The molecule has 1 aromatic rings. The predicted octanol–water partition coefficient (Wildman–Crippen LogP) is 1.47. The van der Waals surface area contributed by atoms with Crippen LogP contribution in [0.1, 0.15) is 6.92 Å². The number of anilines is 2. The van der Waals surface area contributed by atoms with Crippen LogP contribution in [0.2, 0.25) is 5.02 Å². The minimum atomic E-state index is -3.43. The second-order valence-corrected chi connectivity index (χ2v) is 7.74. The average molecular weight is 313 g/mol. The van der Waals surface area contributed by atoms with Crippen molar-refractivity contribution in [2.75, 3.05) is 21.5 Å². The van der Waals surface area contributed by atoms with Gasteiger partial charge in [0.1, 0.15) is 0 Å². The molecule has 0 atom stereocenters. The van der Waals surface area contributed by atoms with E-state index in [9.17, 15) is 16.8 Å². The average Bonchev–Trinajstić information content (AvgIpc) is 2.20. The van der Waals surface area contributed by atoms with E-state index in [1.807, 2.05) is 0 Å². The number of sulfonamides is 2. The highest BCUT2D eigenvalue weighted by molar-refractivity contribution is 7.92.